The van der Waals surface area contributed by atoms with E-state index in [1.54, 1.807) is 7.11 Å². The predicted molar refractivity (Wildman–Crippen MR) is 96.1 cm³/mol. The van der Waals surface area contributed by atoms with Crippen LogP contribution < -0.4 is 0 Å². The van der Waals surface area contributed by atoms with Gasteiger partial charge in [0.1, 0.15) is 0 Å². The van der Waals surface area contributed by atoms with Crippen molar-refractivity contribution in [3.8, 4) is 0 Å². The fourth-order valence-electron chi connectivity index (χ4n) is 2.99. The molecule has 0 aliphatic heterocycles. The van der Waals surface area contributed by atoms with Crippen LogP contribution in [0.3, 0.4) is 0 Å². The van der Waals surface area contributed by atoms with Crippen molar-refractivity contribution in [3.05, 3.63) is 0 Å². The fraction of sp³-hybridized carbons (Fsp3) is 0.944. The number of methoxy groups -OCH3 is 1. The van der Waals surface area contributed by atoms with Crippen LogP contribution in [0, 0.1) is 5.41 Å². The Morgan fingerprint density at radius 1 is 1.22 bits per heavy atom. The molecular formula is C18H36O4Si. The smallest absolute Gasteiger partial charge is 0.312 e. The molecule has 1 fully saturated rings. The standard InChI is InChI=1S/C18H36O4Si/c1-8-21-16(19)18(13-14-20-5)11-9-15(10-12-18)22-23(6,7)17(2,3)4/h15H,8-14H2,1-7H3. The van der Waals surface area contributed by atoms with Crippen LogP contribution in [0.2, 0.25) is 18.1 Å². The van der Waals surface area contributed by atoms with E-state index in [9.17, 15) is 4.79 Å². The molecule has 0 radical (unpaired) electrons. The molecule has 4 nitrogen and oxygen atoms in total. The van der Waals surface area contributed by atoms with Crippen LogP contribution in [0.5, 0.6) is 0 Å². The first-order valence-electron chi connectivity index (χ1n) is 8.92. The van der Waals surface area contributed by atoms with Gasteiger partial charge in [0.05, 0.1) is 12.0 Å². The highest BCUT2D eigenvalue weighted by atomic mass is 28.4. The monoisotopic (exact) mass is 344 g/mol. The maximum absolute atomic E-state index is 12.5. The minimum atomic E-state index is -1.75. The number of carbonyl (C=O) groups is 1. The molecule has 1 aliphatic carbocycles. The summed E-state index contributed by atoms with van der Waals surface area (Å²) in [6.45, 7) is 14.3. The van der Waals surface area contributed by atoms with Gasteiger partial charge in [-0.25, -0.2) is 0 Å². The Labute approximate surface area is 143 Å². The molecule has 23 heavy (non-hydrogen) atoms. The summed E-state index contributed by atoms with van der Waals surface area (Å²) in [7, 11) is -0.0617. The van der Waals surface area contributed by atoms with Gasteiger partial charge < -0.3 is 13.9 Å². The molecule has 0 heterocycles. The van der Waals surface area contributed by atoms with Crippen LogP contribution in [0.15, 0.2) is 0 Å². The summed E-state index contributed by atoms with van der Waals surface area (Å²) in [4.78, 5) is 12.5. The van der Waals surface area contributed by atoms with E-state index in [-0.39, 0.29) is 22.5 Å². The highest BCUT2D eigenvalue weighted by Crippen LogP contribution is 2.44. The molecule has 0 atom stereocenters. The summed E-state index contributed by atoms with van der Waals surface area (Å²) < 4.78 is 17.1. The van der Waals surface area contributed by atoms with Gasteiger partial charge in [0.15, 0.2) is 8.32 Å². The molecule has 0 bridgehead atoms. The third-order valence-corrected chi connectivity index (χ3v) is 10.2. The molecule has 136 valence electrons. The van der Waals surface area contributed by atoms with Gasteiger partial charge in [-0.1, -0.05) is 20.8 Å². The van der Waals surface area contributed by atoms with Gasteiger partial charge in [0.2, 0.25) is 0 Å². The quantitative estimate of drug-likeness (QED) is 0.502. The number of esters is 1. The van der Waals surface area contributed by atoms with E-state index in [1.165, 1.54) is 0 Å². The minimum Gasteiger partial charge on any atom is -0.466 e. The number of ether oxygens (including phenoxy) is 2. The lowest BCUT2D eigenvalue weighted by Crippen LogP contribution is -2.47. The van der Waals surface area contributed by atoms with Crippen molar-refractivity contribution in [3.63, 3.8) is 0 Å². The number of hydrogen-bond donors (Lipinski definition) is 0. The zero-order chi connectivity index (χ0) is 17.7. The topological polar surface area (TPSA) is 44.8 Å². The van der Waals surface area contributed by atoms with E-state index in [0.29, 0.717) is 13.2 Å². The van der Waals surface area contributed by atoms with Crippen LogP contribution in [0.4, 0.5) is 0 Å². The summed E-state index contributed by atoms with van der Waals surface area (Å²) in [6, 6.07) is 0. The molecule has 1 aliphatic rings. The fourth-order valence-corrected chi connectivity index (χ4v) is 4.42. The maximum Gasteiger partial charge on any atom is 0.312 e. The first-order chi connectivity index (χ1) is 10.6. The molecule has 1 saturated carbocycles. The third-order valence-electron chi connectivity index (χ3n) is 5.65. The Bertz CT molecular complexity index is 379. The van der Waals surface area contributed by atoms with Gasteiger partial charge in [0, 0.05) is 19.8 Å². The number of hydrogen-bond acceptors (Lipinski definition) is 4. The second-order valence-electron chi connectivity index (χ2n) is 8.32. The lowest BCUT2D eigenvalue weighted by molar-refractivity contribution is -0.160. The normalized spacial score (nSPS) is 26.1. The molecule has 0 saturated heterocycles. The average molecular weight is 345 g/mol. The van der Waals surface area contributed by atoms with Gasteiger partial charge in [-0.2, -0.15) is 0 Å². The van der Waals surface area contributed by atoms with Gasteiger partial charge in [0.25, 0.3) is 0 Å². The van der Waals surface area contributed by atoms with Crippen molar-refractivity contribution in [2.75, 3.05) is 20.3 Å². The van der Waals surface area contributed by atoms with E-state index >= 15 is 0 Å². The van der Waals surface area contributed by atoms with Crippen LogP contribution in [-0.4, -0.2) is 40.7 Å². The van der Waals surface area contributed by atoms with Crippen molar-refractivity contribution in [1.29, 1.82) is 0 Å². The average Bonchev–Trinajstić information content (AvgIpc) is 2.45. The number of rotatable bonds is 7. The Kier molecular flexibility index (Phi) is 7.29. The maximum atomic E-state index is 12.5. The molecule has 0 aromatic rings. The van der Waals surface area contributed by atoms with Crippen LogP contribution in [0.1, 0.15) is 59.8 Å². The highest BCUT2D eigenvalue weighted by molar-refractivity contribution is 6.74. The zero-order valence-electron chi connectivity index (χ0n) is 16.2. The second kappa shape index (κ2) is 8.12. The first kappa shape index (κ1) is 20.7. The van der Waals surface area contributed by atoms with E-state index in [1.807, 2.05) is 6.92 Å². The largest absolute Gasteiger partial charge is 0.466 e. The Morgan fingerprint density at radius 2 is 1.78 bits per heavy atom. The molecule has 0 unspecified atom stereocenters. The third kappa shape index (κ3) is 5.30. The molecule has 0 N–H and O–H groups in total. The van der Waals surface area contributed by atoms with E-state index in [2.05, 4.69) is 33.9 Å². The van der Waals surface area contributed by atoms with E-state index in [4.69, 9.17) is 13.9 Å². The zero-order valence-corrected chi connectivity index (χ0v) is 17.2. The van der Waals surface area contributed by atoms with Crippen LogP contribution >= 0.6 is 0 Å². The highest BCUT2D eigenvalue weighted by Gasteiger charge is 2.45. The first-order valence-corrected chi connectivity index (χ1v) is 11.8. The Balaban J connectivity index is 2.70. The van der Waals surface area contributed by atoms with Crippen LogP contribution in [0.25, 0.3) is 0 Å². The Morgan fingerprint density at radius 3 is 2.22 bits per heavy atom. The number of carbonyl (C=O) groups excluding carboxylic acids is 1. The summed E-state index contributed by atoms with van der Waals surface area (Å²) in [6.07, 6.45) is 4.59. The molecule has 0 amide bonds. The molecule has 0 aromatic heterocycles. The Hall–Kier alpha value is -0.393. The van der Waals surface area contributed by atoms with Crippen molar-refractivity contribution >= 4 is 14.3 Å². The van der Waals surface area contributed by atoms with Gasteiger partial charge in [-0.05, 0) is 57.2 Å². The van der Waals surface area contributed by atoms with Crippen molar-refractivity contribution in [2.45, 2.75) is 84.0 Å². The van der Waals surface area contributed by atoms with Crippen molar-refractivity contribution in [1.82, 2.24) is 0 Å². The molecule has 0 spiro atoms. The van der Waals surface area contributed by atoms with Gasteiger partial charge >= 0.3 is 5.97 Å². The van der Waals surface area contributed by atoms with Gasteiger partial charge in [-0.15, -0.1) is 0 Å². The van der Waals surface area contributed by atoms with Crippen LogP contribution in [-0.2, 0) is 18.7 Å². The second-order valence-corrected chi connectivity index (χ2v) is 13.1. The summed E-state index contributed by atoms with van der Waals surface area (Å²) in [5.74, 6) is -0.0529. The summed E-state index contributed by atoms with van der Waals surface area (Å²) >= 11 is 0. The molecule has 1 rings (SSSR count). The van der Waals surface area contributed by atoms with Crippen molar-refractivity contribution < 1.29 is 18.7 Å². The minimum absolute atomic E-state index is 0.0529. The summed E-state index contributed by atoms with van der Waals surface area (Å²) in [5.41, 5.74) is -0.376. The van der Waals surface area contributed by atoms with E-state index < -0.39 is 8.32 Å². The molecule has 0 aromatic carbocycles. The SMILES string of the molecule is CCOC(=O)C1(CCOC)CCC(O[Si](C)(C)C(C)(C)C)CC1. The van der Waals surface area contributed by atoms with E-state index in [0.717, 1.165) is 32.1 Å². The molecular weight excluding hydrogens is 308 g/mol. The lowest BCUT2D eigenvalue weighted by atomic mass is 9.71. The van der Waals surface area contributed by atoms with Gasteiger partial charge in [-0.3, -0.25) is 4.79 Å². The lowest BCUT2D eigenvalue weighted by Gasteiger charge is -2.43. The summed E-state index contributed by atoms with van der Waals surface area (Å²) in [5, 5.41) is 0.221. The molecule has 5 heteroatoms. The van der Waals surface area contributed by atoms with Crippen molar-refractivity contribution in [2.24, 2.45) is 5.41 Å². The predicted octanol–water partition coefficient (Wildman–Crippen LogP) is 4.54.